The summed E-state index contributed by atoms with van der Waals surface area (Å²) in [5.74, 6) is 1.22. The molecule has 0 heterocycles. The maximum atomic E-state index is 12.0. The van der Waals surface area contributed by atoms with Gasteiger partial charge in [-0.3, -0.25) is 4.79 Å². The van der Waals surface area contributed by atoms with Crippen molar-refractivity contribution in [2.75, 3.05) is 31.4 Å². The number of hydrogen-bond acceptors (Lipinski definition) is 4. The number of anilines is 2. The second kappa shape index (κ2) is 8.45. The van der Waals surface area contributed by atoms with Crippen molar-refractivity contribution in [1.82, 2.24) is 0 Å². The fraction of sp³-hybridized carbons (Fsp3) is 0.278. The van der Waals surface area contributed by atoms with Crippen molar-refractivity contribution in [1.29, 1.82) is 0 Å². The van der Waals surface area contributed by atoms with E-state index < -0.39 is 0 Å². The monoisotopic (exact) mass is 348 g/mol. The van der Waals surface area contributed by atoms with E-state index in [1.807, 2.05) is 25.1 Å². The molecule has 0 aliphatic carbocycles. The average Bonchev–Trinajstić information content (AvgIpc) is 2.55. The van der Waals surface area contributed by atoms with Gasteiger partial charge in [0.15, 0.2) is 0 Å². The Bertz CT molecular complexity index is 719. The van der Waals surface area contributed by atoms with Crippen LogP contribution in [0.15, 0.2) is 36.4 Å². The van der Waals surface area contributed by atoms with Crippen molar-refractivity contribution in [2.24, 2.45) is 0 Å². The van der Waals surface area contributed by atoms with E-state index in [1.54, 1.807) is 32.4 Å². The molecule has 0 aliphatic rings. The standard InChI is InChI=1S/C18H21ClN2O3/c1-12-4-6-17(24-3)15(10-12)20-9-8-18(22)21-13-5-7-16(23-2)14(19)11-13/h4-7,10-11,20H,8-9H2,1-3H3,(H,21,22). The van der Waals surface area contributed by atoms with Crippen LogP contribution in [0.5, 0.6) is 11.5 Å². The normalized spacial score (nSPS) is 10.2. The van der Waals surface area contributed by atoms with Gasteiger partial charge in [0.1, 0.15) is 11.5 Å². The van der Waals surface area contributed by atoms with Crippen LogP contribution in [0, 0.1) is 6.92 Å². The van der Waals surface area contributed by atoms with Crippen molar-refractivity contribution >= 4 is 28.9 Å². The second-order valence-electron chi connectivity index (χ2n) is 5.28. The van der Waals surface area contributed by atoms with Crippen molar-refractivity contribution in [3.63, 3.8) is 0 Å². The number of carbonyl (C=O) groups is 1. The maximum Gasteiger partial charge on any atom is 0.226 e. The Hall–Kier alpha value is -2.40. The Kier molecular flexibility index (Phi) is 6.32. The number of halogens is 1. The van der Waals surface area contributed by atoms with Gasteiger partial charge in [0.2, 0.25) is 5.91 Å². The van der Waals surface area contributed by atoms with Gasteiger partial charge < -0.3 is 20.1 Å². The van der Waals surface area contributed by atoms with Crippen LogP contribution in [0.4, 0.5) is 11.4 Å². The number of aryl methyl sites for hydroxylation is 1. The minimum absolute atomic E-state index is 0.102. The first-order valence-corrected chi connectivity index (χ1v) is 7.93. The van der Waals surface area contributed by atoms with Gasteiger partial charge in [0.25, 0.3) is 0 Å². The van der Waals surface area contributed by atoms with E-state index in [0.29, 0.717) is 29.4 Å². The highest BCUT2D eigenvalue weighted by molar-refractivity contribution is 6.32. The highest BCUT2D eigenvalue weighted by Gasteiger charge is 2.07. The van der Waals surface area contributed by atoms with Crippen LogP contribution in [0.2, 0.25) is 5.02 Å². The molecule has 0 unspecified atom stereocenters. The molecule has 0 bridgehead atoms. The minimum atomic E-state index is -0.102. The molecule has 0 fully saturated rings. The van der Waals surface area contributed by atoms with Crippen LogP contribution in [-0.2, 0) is 4.79 Å². The van der Waals surface area contributed by atoms with E-state index in [-0.39, 0.29) is 5.91 Å². The van der Waals surface area contributed by atoms with Crippen LogP contribution >= 0.6 is 11.6 Å². The molecule has 2 aromatic carbocycles. The molecule has 0 saturated carbocycles. The lowest BCUT2D eigenvalue weighted by Crippen LogP contribution is -2.16. The fourth-order valence-corrected chi connectivity index (χ4v) is 2.50. The molecule has 0 saturated heterocycles. The molecule has 0 aromatic heterocycles. The minimum Gasteiger partial charge on any atom is -0.495 e. The molecule has 0 atom stereocenters. The highest BCUT2D eigenvalue weighted by Crippen LogP contribution is 2.27. The van der Waals surface area contributed by atoms with Crippen molar-refractivity contribution < 1.29 is 14.3 Å². The molecular weight excluding hydrogens is 328 g/mol. The molecule has 2 aromatic rings. The SMILES string of the molecule is COc1ccc(NC(=O)CCNc2cc(C)ccc2OC)cc1Cl. The Labute approximate surface area is 146 Å². The van der Waals surface area contributed by atoms with Gasteiger partial charge >= 0.3 is 0 Å². The van der Waals surface area contributed by atoms with E-state index in [0.717, 1.165) is 17.0 Å². The number of benzene rings is 2. The summed E-state index contributed by atoms with van der Waals surface area (Å²) in [6.07, 6.45) is 0.320. The van der Waals surface area contributed by atoms with E-state index in [1.165, 1.54) is 0 Å². The summed E-state index contributed by atoms with van der Waals surface area (Å²) in [4.78, 5) is 12.0. The van der Waals surface area contributed by atoms with Gasteiger partial charge in [-0.1, -0.05) is 17.7 Å². The molecule has 0 radical (unpaired) electrons. The van der Waals surface area contributed by atoms with Crippen LogP contribution in [0.1, 0.15) is 12.0 Å². The Morgan fingerprint density at radius 1 is 1.08 bits per heavy atom. The van der Waals surface area contributed by atoms with Crippen LogP contribution < -0.4 is 20.1 Å². The molecule has 2 N–H and O–H groups in total. The molecule has 24 heavy (non-hydrogen) atoms. The number of carbonyl (C=O) groups excluding carboxylic acids is 1. The predicted molar refractivity (Wildman–Crippen MR) is 97.5 cm³/mol. The Morgan fingerprint density at radius 3 is 2.46 bits per heavy atom. The molecular formula is C18H21ClN2O3. The second-order valence-corrected chi connectivity index (χ2v) is 5.69. The number of amides is 1. The number of nitrogens with one attached hydrogen (secondary N) is 2. The molecule has 2 rings (SSSR count). The predicted octanol–water partition coefficient (Wildman–Crippen LogP) is 4.11. The van der Waals surface area contributed by atoms with Gasteiger partial charge in [-0.25, -0.2) is 0 Å². The smallest absolute Gasteiger partial charge is 0.226 e. The van der Waals surface area contributed by atoms with Crippen LogP contribution in [0.3, 0.4) is 0 Å². The Morgan fingerprint density at radius 2 is 1.79 bits per heavy atom. The van der Waals surface area contributed by atoms with Gasteiger partial charge in [-0.15, -0.1) is 0 Å². The molecule has 1 amide bonds. The van der Waals surface area contributed by atoms with E-state index >= 15 is 0 Å². The number of methoxy groups -OCH3 is 2. The first kappa shape index (κ1) is 17.9. The third kappa shape index (κ3) is 4.80. The van der Waals surface area contributed by atoms with Crippen molar-refractivity contribution in [2.45, 2.75) is 13.3 Å². The molecule has 128 valence electrons. The lowest BCUT2D eigenvalue weighted by atomic mass is 10.2. The van der Waals surface area contributed by atoms with Crippen molar-refractivity contribution in [3.05, 3.63) is 47.0 Å². The maximum absolute atomic E-state index is 12.0. The van der Waals surface area contributed by atoms with Crippen LogP contribution in [0.25, 0.3) is 0 Å². The molecule has 6 heteroatoms. The lowest BCUT2D eigenvalue weighted by molar-refractivity contribution is -0.115. The third-order valence-electron chi connectivity index (χ3n) is 3.46. The van der Waals surface area contributed by atoms with Gasteiger partial charge in [-0.05, 0) is 42.8 Å². The summed E-state index contributed by atoms with van der Waals surface area (Å²) in [7, 11) is 3.17. The summed E-state index contributed by atoms with van der Waals surface area (Å²) >= 11 is 6.04. The summed E-state index contributed by atoms with van der Waals surface area (Å²) in [6.45, 7) is 2.50. The summed E-state index contributed by atoms with van der Waals surface area (Å²) < 4.78 is 10.4. The largest absolute Gasteiger partial charge is 0.495 e. The summed E-state index contributed by atoms with van der Waals surface area (Å²) in [5.41, 5.74) is 2.63. The van der Waals surface area contributed by atoms with Crippen LogP contribution in [-0.4, -0.2) is 26.7 Å². The van der Waals surface area contributed by atoms with Gasteiger partial charge in [0.05, 0.1) is 24.9 Å². The van der Waals surface area contributed by atoms with E-state index in [9.17, 15) is 4.79 Å². The first-order chi connectivity index (χ1) is 11.5. The zero-order chi connectivity index (χ0) is 17.5. The zero-order valence-corrected chi connectivity index (χ0v) is 14.7. The first-order valence-electron chi connectivity index (χ1n) is 7.55. The fourth-order valence-electron chi connectivity index (χ4n) is 2.24. The average molecular weight is 349 g/mol. The molecule has 5 nitrogen and oxygen atoms in total. The number of ether oxygens (including phenoxy) is 2. The lowest BCUT2D eigenvalue weighted by Gasteiger charge is -2.12. The third-order valence-corrected chi connectivity index (χ3v) is 3.75. The summed E-state index contributed by atoms with van der Waals surface area (Å²) in [5, 5.41) is 6.49. The topological polar surface area (TPSA) is 59.6 Å². The van der Waals surface area contributed by atoms with Gasteiger partial charge in [0, 0.05) is 18.7 Å². The van der Waals surface area contributed by atoms with E-state index in [4.69, 9.17) is 21.1 Å². The van der Waals surface area contributed by atoms with E-state index in [2.05, 4.69) is 10.6 Å². The molecule has 0 spiro atoms. The summed E-state index contributed by atoms with van der Waals surface area (Å²) in [6, 6.07) is 11.0. The molecule has 0 aliphatic heterocycles. The van der Waals surface area contributed by atoms with Crippen molar-refractivity contribution in [3.8, 4) is 11.5 Å². The number of rotatable bonds is 7. The quantitative estimate of drug-likeness (QED) is 0.790. The number of hydrogen-bond donors (Lipinski definition) is 2. The van der Waals surface area contributed by atoms with Gasteiger partial charge in [-0.2, -0.15) is 0 Å². The highest BCUT2D eigenvalue weighted by atomic mass is 35.5. The zero-order valence-electron chi connectivity index (χ0n) is 14.0. The Balaban J connectivity index is 1.88.